The number of fused-ring (bicyclic) bond motifs is 1. The van der Waals surface area contributed by atoms with Gasteiger partial charge in [-0.1, -0.05) is 19.1 Å². The maximum atomic E-state index is 5.72. The molecule has 0 aliphatic heterocycles. The highest BCUT2D eigenvalue weighted by Gasteiger charge is 2.12. The standard InChI is InChI=1S/C15H15N5/c1-9(13-8-19-14(16)15(17)20-13)10-4-5-12-11(7-10)3-2-6-18-12/h2-9H,1H3,(H2,16,19)(H2,17,20). The smallest absolute Gasteiger partial charge is 0.166 e. The van der Waals surface area contributed by atoms with Crippen LogP contribution in [0, 0.1) is 0 Å². The van der Waals surface area contributed by atoms with Gasteiger partial charge in [-0.25, -0.2) is 9.97 Å². The van der Waals surface area contributed by atoms with Crippen LogP contribution in [0.2, 0.25) is 0 Å². The molecule has 0 aliphatic rings. The van der Waals surface area contributed by atoms with E-state index in [1.165, 1.54) is 0 Å². The number of hydrogen-bond donors (Lipinski definition) is 2. The fourth-order valence-electron chi connectivity index (χ4n) is 2.17. The number of hydrogen-bond acceptors (Lipinski definition) is 5. The lowest BCUT2D eigenvalue weighted by Gasteiger charge is -2.12. The number of nitrogens with two attached hydrogens (primary N) is 2. The fraction of sp³-hybridized carbons (Fsp3) is 0.133. The minimum atomic E-state index is 0.0926. The second-order valence-electron chi connectivity index (χ2n) is 4.74. The molecule has 1 atom stereocenters. The average molecular weight is 265 g/mol. The Labute approximate surface area is 116 Å². The van der Waals surface area contributed by atoms with Crippen molar-refractivity contribution < 1.29 is 0 Å². The predicted molar refractivity (Wildman–Crippen MR) is 80.1 cm³/mol. The van der Waals surface area contributed by atoms with Crippen molar-refractivity contribution in [3.05, 3.63) is 54.0 Å². The van der Waals surface area contributed by atoms with E-state index >= 15 is 0 Å². The normalized spacial score (nSPS) is 12.4. The third-order valence-corrected chi connectivity index (χ3v) is 3.42. The number of nitrogen functional groups attached to an aromatic ring is 2. The fourth-order valence-corrected chi connectivity index (χ4v) is 2.17. The van der Waals surface area contributed by atoms with Gasteiger partial charge in [0.2, 0.25) is 0 Å². The van der Waals surface area contributed by atoms with Crippen LogP contribution >= 0.6 is 0 Å². The van der Waals surface area contributed by atoms with E-state index < -0.39 is 0 Å². The Morgan fingerprint density at radius 3 is 2.70 bits per heavy atom. The lowest BCUT2D eigenvalue weighted by atomic mass is 9.96. The van der Waals surface area contributed by atoms with Crippen LogP contribution in [0.5, 0.6) is 0 Å². The molecular weight excluding hydrogens is 250 g/mol. The molecule has 0 saturated heterocycles. The molecule has 1 unspecified atom stereocenters. The summed E-state index contributed by atoms with van der Waals surface area (Å²) in [6.07, 6.45) is 3.46. The van der Waals surface area contributed by atoms with E-state index in [9.17, 15) is 0 Å². The highest BCUT2D eigenvalue weighted by molar-refractivity contribution is 5.79. The van der Waals surface area contributed by atoms with Gasteiger partial charge in [0.1, 0.15) is 0 Å². The Morgan fingerprint density at radius 1 is 1.05 bits per heavy atom. The van der Waals surface area contributed by atoms with Crippen molar-refractivity contribution in [2.45, 2.75) is 12.8 Å². The third kappa shape index (κ3) is 2.14. The van der Waals surface area contributed by atoms with Gasteiger partial charge in [0.05, 0.1) is 17.4 Å². The molecule has 2 heterocycles. The predicted octanol–water partition coefficient (Wildman–Crippen LogP) is 2.34. The number of benzene rings is 1. The van der Waals surface area contributed by atoms with E-state index in [-0.39, 0.29) is 17.6 Å². The summed E-state index contributed by atoms with van der Waals surface area (Å²) < 4.78 is 0. The number of aromatic nitrogens is 3. The Kier molecular flexibility index (Phi) is 2.95. The van der Waals surface area contributed by atoms with Crippen LogP contribution in [-0.4, -0.2) is 15.0 Å². The molecule has 20 heavy (non-hydrogen) atoms. The second kappa shape index (κ2) is 4.77. The average Bonchev–Trinajstić information content (AvgIpc) is 2.49. The molecule has 0 fully saturated rings. The maximum absolute atomic E-state index is 5.72. The monoisotopic (exact) mass is 265 g/mol. The molecule has 100 valence electrons. The zero-order valence-electron chi connectivity index (χ0n) is 11.1. The van der Waals surface area contributed by atoms with Crippen molar-refractivity contribution in [2.75, 3.05) is 11.5 Å². The van der Waals surface area contributed by atoms with Crippen molar-refractivity contribution in [2.24, 2.45) is 0 Å². The van der Waals surface area contributed by atoms with Gasteiger partial charge in [-0.05, 0) is 23.8 Å². The SMILES string of the molecule is CC(c1ccc2ncccc2c1)c1cnc(N)c(N)n1. The Balaban J connectivity index is 2.02. The van der Waals surface area contributed by atoms with E-state index in [0.29, 0.717) is 0 Å². The van der Waals surface area contributed by atoms with Crippen LogP contribution < -0.4 is 11.5 Å². The molecule has 0 amide bonds. The summed E-state index contributed by atoms with van der Waals surface area (Å²) in [5.41, 5.74) is 14.2. The van der Waals surface area contributed by atoms with E-state index in [2.05, 4.69) is 27.9 Å². The molecule has 1 aromatic carbocycles. The molecule has 2 aromatic heterocycles. The van der Waals surface area contributed by atoms with Crippen LogP contribution in [0.25, 0.3) is 10.9 Å². The molecule has 0 aliphatic carbocycles. The van der Waals surface area contributed by atoms with Gasteiger partial charge in [0.25, 0.3) is 0 Å². The minimum Gasteiger partial charge on any atom is -0.381 e. The summed E-state index contributed by atoms with van der Waals surface area (Å²) in [7, 11) is 0. The molecule has 3 aromatic rings. The molecule has 4 N–H and O–H groups in total. The zero-order chi connectivity index (χ0) is 14.1. The molecule has 0 radical (unpaired) electrons. The minimum absolute atomic E-state index is 0.0926. The van der Waals surface area contributed by atoms with Gasteiger partial charge in [-0.15, -0.1) is 0 Å². The van der Waals surface area contributed by atoms with Crippen molar-refractivity contribution in [3.63, 3.8) is 0 Å². The van der Waals surface area contributed by atoms with Gasteiger partial charge in [0, 0.05) is 17.5 Å². The van der Waals surface area contributed by atoms with Gasteiger partial charge < -0.3 is 11.5 Å². The molecule has 0 spiro atoms. The molecule has 0 bridgehead atoms. The summed E-state index contributed by atoms with van der Waals surface area (Å²) in [5, 5.41) is 1.10. The maximum Gasteiger partial charge on any atom is 0.166 e. The number of anilines is 2. The van der Waals surface area contributed by atoms with Crippen molar-refractivity contribution in [1.82, 2.24) is 15.0 Å². The second-order valence-corrected chi connectivity index (χ2v) is 4.74. The third-order valence-electron chi connectivity index (χ3n) is 3.42. The Morgan fingerprint density at radius 2 is 1.90 bits per heavy atom. The summed E-state index contributed by atoms with van der Waals surface area (Å²) in [5.74, 6) is 0.635. The van der Waals surface area contributed by atoms with Crippen LogP contribution in [0.4, 0.5) is 11.6 Å². The van der Waals surface area contributed by atoms with Crippen LogP contribution in [0.3, 0.4) is 0 Å². The summed E-state index contributed by atoms with van der Waals surface area (Å²) in [4.78, 5) is 12.7. The van der Waals surface area contributed by atoms with Crippen molar-refractivity contribution in [1.29, 1.82) is 0 Å². The van der Waals surface area contributed by atoms with E-state index in [4.69, 9.17) is 11.5 Å². The Hall–Kier alpha value is -2.69. The molecule has 3 rings (SSSR count). The number of rotatable bonds is 2. The Bertz CT molecular complexity index is 769. The zero-order valence-corrected chi connectivity index (χ0v) is 11.1. The van der Waals surface area contributed by atoms with Gasteiger partial charge in [-0.3, -0.25) is 4.98 Å². The highest BCUT2D eigenvalue weighted by Crippen LogP contribution is 2.26. The van der Waals surface area contributed by atoms with Crippen molar-refractivity contribution in [3.8, 4) is 0 Å². The first kappa shape index (κ1) is 12.3. The highest BCUT2D eigenvalue weighted by atomic mass is 15.0. The van der Waals surface area contributed by atoms with E-state index in [1.807, 2.05) is 24.3 Å². The summed E-state index contributed by atoms with van der Waals surface area (Å²) in [6, 6.07) is 10.1. The molecule has 0 saturated carbocycles. The summed E-state index contributed by atoms with van der Waals surface area (Å²) in [6.45, 7) is 2.07. The lowest BCUT2D eigenvalue weighted by Crippen LogP contribution is -2.06. The first-order valence-corrected chi connectivity index (χ1v) is 6.37. The van der Waals surface area contributed by atoms with Crippen molar-refractivity contribution >= 4 is 22.5 Å². The largest absolute Gasteiger partial charge is 0.381 e. The van der Waals surface area contributed by atoms with Crippen LogP contribution in [-0.2, 0) is 0 Å². The first-order valence-electron chi connectivity index (χ1n) is 6.37. The first-order chi connectivity index (χ1) is 9.65. The topological polar surface area (TPSA) is 90.7 Å². The molecular formula is C15H15N5. The quantitative estimate of drug-likeness (QED) is 0.742. The molecule has 5 nitrogen and oxygen atoms in total. The van der Waals surface area contributed by atoms with Crippen LogP contribution in [0.1, 0.15) is 24.1 Å². The molecule has 5 heteroatoms. The van der Waals surface area contributed by atoms with Gasteiger partial charge in [0.15, 0.2) is 11.6 Å². The van der Waals surface area contributed by atoms with Gasteiger partial charge >= 0.3 is 0 Å². The van der Waals surface area contributed by atoms with E-state index in [0.717, 1.165) is 22.2 Å². The number of pyridine rings is 1. The van der Waals surface area contributed by atoms with Gasteiger partial charge in [-0.2, -0.15) is 0 Å². The lowest BCUT2D eigenvalue weighted by molar-refractivity contribution is 0.864. The van der Waals surface area contributed by atoms with Crippen LogP contribution in [0.15, 0.2) is 42.7 Å². The van der Waals surface area contributed by atoms with E-state index in [1.54, 1.807) is 12.4 Å². The summed E-state index contributed by atoms with van der Waals surface area (Å²) >= 11 is 0. The number of nitrogens with zero attached hydrogens (tertiary/aromatic N) is 3.